The number of hydrogen-bond donors (Lipinski definition) is 0. The van der Waals surface area contributed by atoms with Gasteiger partial charge >= 0.3 is 52.8 Å². The molecule has 1 rings (SSSR count). The average Bonchev–Trinajstić information content (AvgIpc) is 1.69. The fraction of sp³-hybridized carbons (Fsp3) is 0. The third-order valence-electron chi connectivity index (χ3n) is 0.725. The molecule has 0 saturated heterocycles. The van der Waals surface area contributed by atoms with E-state index in [1.54, 1.807) is 0 Å². The molecule has 0 heterocycles. The summed E-state index contributed by atoms with van der Waals surface area (Å²) in [4.78, 5) is 0. The molecule has 0 saturated carbocycles. The number of benzene rings is 1. The Morgan fingerprint density at radius 3 is 1.75 bits per heavy atom. The molecule has 0 radical (unpaired) electrons. The van der Waals surface area contributed by atoms with E-state index in [0.29, 0.717) is 0 Å². The quantitative estimate of drug-likeness (QED) is 0.571. The number of halogens is 1. The van der Waals surface area contributed by atoms with Crippen molar-refractivity contribution < 1.29 is 18.3 Å². The second kappa shape index (κ2) is 4.06. The summed E-state index contributed by atoms with van der Waals surface area (Å²) in [7, 11) is 0. The standard InChI is InChI=1S/C6H5.ClH.Ru/c1-2-4-6-5-3-1;;/h1-5H;1H;. The van der Waals surface area contributed by atoms with Gasteiger partial charge in [0.15, 0.2) is 0 Å². The van der Waals surface area contributed by atoms with Gasteiger partial charge in [0.2, 0.25) is 0 Å². The van der Waals surface area contributed by atoms with Crippen molar-refractivity contribution in [1.29, 1.82) is 0 Å². The van der Waals surface area contributed by atoms with Gasteiger partial charge in [-0.05, 0) is 0 Å². The molecule has 0 unspecified atom stereocenters. The first-order valence-electron chi connectivity index (χ1n) is 2.09. The number of hydrogen-bond acceptors (Lipinski definition) is 0. The predicted octanol–water partition coefficient (Wildman–Crippen LogP) is 1.28. The van der Waals surface area contributed by atoms with Crippen LogP contribution in [0.4, 0.5) is 0 Å². The van der Waals surface area contributed by atoms with Gasteiger partial charge in [-0.1, -0.05) is 0 Å². The van der Waals surface area contributed by atoms with Gasteiger partial charge in [0.1, 0.15) is 0 Å². The average molecular weight is 215 g/mol. The molecule has 0 amide bonds. The fourth-order valence-corrected chi connectivity index (χ4v) is 0.744. The normalized spacial score (nSPS) is 7.62. The van der Waals surface area contributed by atoms with Gasteiger partial charge < -0.3 is 0 Å². The van der Waals surface area contributed by atoms with E-state index in [1.807, 2.05) is 18.2 Å². The Labute approximate surface area is 65.4 Å². The Morgan fingerprint density at radius 2 is 1.50 bits per heavy atom. The molecular formula is C6H6ClRu. The summed E-state index contributed by atoms with van der Waals surface area (Å²) in [5.74, 6) is 0. The zero-order valence-corrected chi connectivity index (χ0v) is 6.70. The zero-order valence-electron chi connectivity index (χ0n) is 4.15. The first-order chi connectivity index (χ1) is 3.39. The van der Waals surface area contributed by atoms with E-state index < -0.39 is 0 Å². The molecule has 0 N–H and O–H groups in total. The van der Waals surface area contributed by atoms with E-state index >= 15 is 0 Å². The van der Waals surface area contributed by atoms with Crippen LogP contribution in [0.25, 0.3) is 0 Å². The fourth-order valence-electron chi connectivity index (χ4n) is 0.410. The third-order valence-corrected chi connectivity index (χ3v) is 1.30. The summed E-state index contributed by atoms with van der Waals surface area (Å²) >= 11 is 2.54. The predicted molar refractivity (Wildman–Crippen MR) is 33.3 cm³/mol. The Balaban J connectivity index is 0.000000490. The Hall–Kier alpha value is 0.133. The summed E-state index contributed by atoms with van der Waals surface area (Å²) in [5.41, 5.74) is 0. The van der Waals surface area contributed by atoms with E-state index in [-0.39, 0.29) is 12.4 Å². The van der Waals surface area contributed by atoms with Crippen molar-refractivity contribution in [2.75, 3.05) is 0 Å². The molecule has 0 aliphatic rings. The van der Waals surface area contributed by atoms with Crippen molar-refractivity contribution in [2.24, 2.45) is 0 Å². The van der Waals surface area contributed by atoms with E-state index in [4.69, 9.17) is 0 Å². The molecule has 8 heavy (non-hydrogen) atoms. The Bertz CT molecular complexity index is 138. The van der Waals surface area contributed by atoms with E-state index in [9.17, 15) is 0 Å². The molecule has 1 aromatic carbocycles. The van der Waals surface area contributed by atoms with Gasteiger partial charge in [0.25, 0.3) is 0 Å². The van der Waals surface area contributed by atoms with Crippen molar-refractivity contribution in [1.82, 2.24) is 0 Å². The first-order valence-corrected chi connectivity index (χ1v) is 2.96. The third kappa shape index (κ3) is 2.44. The molecule has 0 aliphatic carbocycles. The molecule has 0 nitrogen and oxygen atoms in total. The molecule has 0 spiro atoms. The van der Waals surface area contributed by atoms with Crippen molar-refractivity contribution in [3.8, 4) is 0 Å². The summed E-state index contributed by atoms with van der Waals surface area (Å²) in [6, 6.07) is 10.2. The maximum absolute atomic E-state index is 2.54. The molecule has 2 heteroatoms. The van der Waals surface area contributed by atoms with Crippen LogP contribution in [0.3, 0.4) is 0 Å². The van der Waals surface area contributed by atoms with Crippen LogP contribution in [0.2, 0.25) is 0 Å². The maximum atomic E-state index is 2.54. The Kier molecular flexibility index (Phi) is 4.12. The molecule has 45 valence electrons. The van der Waals surface area contributed by atoms with Crippen molar-refractivity contribution in [3.63, 3.8) is 0 Å². The van der Waals surface area contributed by atoms with Crippen LogP contribution < -0.4 is 4.16 Å². The molecule has 0 bridgehead atoms. The van der Waals surface area contributed by atoms with Gasteiger partial charge in [-0.25, -0.2) is 0 Å². The van der Waals surface area contributed by atoms with Crippen LogP contribution in [-0.2, 0) is 18.3 Å². The van der Waals surface area contributed by atoms with Gasteiger partial charge in [-0.3, -0.25) is 0 Å². The monoisotopic (exact) mass is 215 g/mol. The molecule has 0 atom stereocenters. The molecular weight excluding hydrogens is 209 g/mol. The topological polar surface area (TPSA) is 0 Å². The van der Waals surface area contributed by atoms with Crippen LogP contribution in [0, 0.1) is 0 Å². The van der Waals surface area contributed by atoms with Crippen LogP contribution in [0.1, 0.15) is 0 Å². The van der Waals surface area contributed by atoms with Crippen LogP contribution in [-0.4, -0.2) is 0 Å². The minimum absolute atomic E-state index is 0. The summed E-state index contributed by atoms with van der Waals surface area (Å²) in [6.07, 6.45) is 0. The summed E-state index contributed by atoms with van der Waals surface area (Å²) < 4.78 is 1.25. The number of rotatable bonds is 0. The molecule has 0 aromatic heterocycles. The van der Waals surface area contributed by atoms with Gasteiger partial charge in [-0.15, -0.1) is 12.4 Å². The van der Waals surface area contributed by atoms with Gasteiger partial charge in [0, 0.05) is 0 Å². The summed E-state index contributed by atoms with van der Waals surface area (Å²) in [6.45, 7) is 0. The van der Waals surface area contributed by atoms with E-state index in [0.717, 1.165) is 0 Å². The second-order valence-corrected chi connectivity index (χ2v) is 2.28. The van der Waals surface area contributed by atoms with Crippen molar-refractivity contribution in [3.05, 3.63) is 30.3 Å². The Morgan fingerprint density at radius 1 is 1.00 bits per heavy atom. The zero-order chi connectivity index (χ0) is 5.11. The summed E-state index contributed by atoms with van der Waals surface area (Å²) in [5, 5.41) is 0. The van der Waals surface area contributed by atoms with E-state index in [1.165, 1.54) is 4.16 Å². The molecule has 0 fully saturated rings. The van der Waals surface area contributed by atoms with Crippen LogP contribution in [0.15, 0.2) is 30.3 Å². The first kappa shape index (κ1) is 8.13. The minimum atomic E-state index is 0. The van der Waals surface area contributed by atoms with Crippen LogP contribution >= 0.6 is 12.4 Å². The molecule has 1 aromatic rings. The van der Waals surface area contributed by atoms with E-state index in [2.05, 4.69) is 30.4 Å². The van der Waals surface area contributed by atoms with Gasteiger partial charge in [0.05, 0.1) is 0 Å². The van der Waals surface area contributed by atoms with Gasteiger partial charge in [-0.2, -0.15) is 0 Å². The van der Waals surface area contributed by atoms with Crippen molar-refractivity contribution >= 4 is 16.6 Å². The van der Waals surface area contributed by atoms with Crippen LogP contribution in [0.5, 0.6) is 0 Å². The second-order valence-electron chi connectivity index (χ2n) is 1.28. The SMILES string of the molecule is Cl.[Ru][c]1ccccc1. The molecule has 0 aliphatic heterocycles. The van der Waals surface area contributed by atoms with Crippen molar-refractivity contribution in [2.45, 2.75) is 0 Å².